The molecule has 1 fully saturated rings. The molecular formula is C20H21FN4O4. The molecule has 2 heterocycles. The first-order valence-electron chi connectivity index (χ1n) is 9.06. The van der Waals surface area contributed by atoms with Crippen molar-refractivity contribution in [3.63, 3.8) is 0 Å². The number of nitrogens with zero attached hydrogens (tertiary/aromatic N) is 4. The average molecular weight is 400 g/mol. The minimum Gasteiger partial charge on any atom is -0.336 e. The zero-order valence-electron chi connectivity index (χ0n) is 16.2. The quantitative estimate of drug-likeness (QED) is 0.690. The number of rotatable bonds is 3. The number of piperazine rings is 1. The van der Waals surface area contributed by atoms with Crippen LogP contribution in [0, 0.1) is 5.82 Å². The lowest BCUT2D eigenvalue weighted by atomic mass is 10.1. The summed E-state index contributed by atoms with van der Waals surface area (Å²) < 4.78 is 15.2. The van der Waals surface area contributed by atoms with Crippen molar-refractivity contribution in [2.24, 2.45) is 14.1 Å². The molecule has 29 heavy (non-hydrogen) atoms. The van der Waals surface area contributed by atoms with Crippen LogP contribution in [0.15, 0.2) is 46.1 Å². The fourth-order valence-corrected chi connectivity index (χ4v) is 3.12. The number of amides is 2. The molecular weight excluding hydrogens is 379 g/mol. The van der Waals surface area contributed by atoms with E-state index in [4.69, 9.17) is 0 Å². The molecule has 0 saturated carbocycles. The van der Waals surface area contributed by atoms with Gasteiger partial charge in [0.2, 0.25) is 5.91 Å². The van der Waals surface area contributed by atoms with Gasteiger partial charge in [-0.3, -0.25) is 19.0 Å². The number of carbonyl (C=O) groups is 2. The first-order valence-corrected chi connectivity index (χ1v) is 9.06. The lowest BCUT2D eigenvalue weighted by Crippen LogP contribution is -2.50. The van der Waals surface area contributed by atoms with E-state index in [-0.39, 0.29) is 17.4 Å². The lowest BCUT2D eigenvalue weighted by Gasteiger charge is -2.34. The summed E-state index contributed by atoms with van der Waals surface area (Å²) in [5.74, 6) is -0.895. The van der Waals surface area contributed by atoms with Gasteiger partial charge in [-0.2, -0.15) is 0 Å². The van der Waals surface area contributed by atoms with Crippen LogP contribution >= 0.6 is 0 Å². The third-order valence-corrected chi connectivity index (χ3v) is 4.85. The summed E-state index contributed by atoms with van der Waals surface area (Å²) in [6.45, 7) is 1.41. The maximum absolute atomic E-state index is 13.0. The Kier molecular flexibility index (Phi) is 5.76. The monoisotopic (exact) mass is 400 g/mol. The van der Waals surface area contributed by atoms with Crippen molar-refractivity contribution >= 4 is 17.9 Å². The summed E-state index contributed by atoms with van der Waals surface area (Å²) in [4.78, 5) is 51.9. The van der Waals surface area contributed by atoms with Crippen LogP contribution in [0.1, 0.15) is 15.9 Å². The maximum atomic E-state index is 13.0. The van der Waals surface area contributed by atoms with Gasteiger partial charge in [0.25, 0.3) is 11.5 Å². The van der Waals surface area contributed by atoms with E-state index < -0.39 is 17.1 Å². The minimum absolute atomic E-state index is 0.207. The maximum Gasteiger partial charge on any atom is 0.330 e. The molecule has 1 aromatic carbocycles. The Morgan fingerprint density at radius 2 is 1.55 bits per heavy atom. The molecule has 1 saturated heterocycles. The van der Waals surface area contributed by atoms with Crippen molar-refractivity contribution in [2.75, 3.05) is 26.2 Å². The zero-order chi connectivity index (χ0) is 21.1. The number of benzene rings is 1. The van der Waals surface area contributed by atoms with Crippen molar-refractivity contribution in [3.8, 4) is 0 Å². The number of aryl methyl sites for hydroxylation is 1. The molecule has 1 aliphatic heterocycles. The third-order valence-electron chi connectivity index (χ3n) is 4.85. The van der Waals surface area contributed by atoms with E-state index in [0.29, 0.717) is 31.7 Å². The molecule has 0 spiro atoms. The van der Waals surface area contributed by atoms with E-state index in [1.54, 1.807) is 9.80 Å². The summed E-state index contributed by atoms with van der Waals surface area (Å²) >= 11 is 0. The Morgan fingerprint density at radius 1 is 0.966 bits per heavy atom. The smallest absolute Gasteiger partial charge is 0.330 e. The molecule has 0 aliphatic carbocycles. The van der Waals surface area contributed by atoms with E-state index in [9.17, 15) is 23.6 Å². The van der Waals surface area contributed by atoms with Crippen LogP contribution in [-0.4, -0.2) is 56.9 Å². The summed E-state index contributed by atoms with van der Waals surface area (Å²) in [7, 11) is 2.90. The molecule has 1 aliphatic rings. The molecule has 0 bridgehead atoms. The van der Waals surface area contributed by atoms with Gasteiger partial charge in [0, 0.05) is 58.1 Å². The highest BCUT2D eigenvalue weighted by Gasteiger charge is 2.24. The first kappa shape index (κ1) is 20.2. The molecule has 8 nitrogen and oxygen atoms in total. The zero-order valence-corrected chi connectivity index (χ0v) is 16.2. The molecule has 2 aromatic rings. The van der Waals surface area contributed by atoms with Crippen LogP contribution in [-0.2, 0) is 18.9 Å². The van der Waals surface area contributed by atoms with E-state index in [2.05, 4.69) is 0 Å². The molecule has 0 radical (unpaired) electrons. The van der Waals surface area contributed by atoms with Crippen molar-refractivity contribution < 1.29 is 14.0 Å². The van der Waals surface area contributed by atoms with Crippen LogP contribution in [0.3, 0.4) is 0 Å². The Morgan fingerprint density at radius 3 is 2.17 bits per heavy atom. The highest BCUT2D eigenvalue weighted by Crippen LogP contribution is 2.10. The fraction of sp³-hybridized carbons (Fsp3) is 0.300. The van der Waals surface area contributed by atoms with Gasteiger partial charge in [-0.05, 0) is 30.3 Å². The molecule has 152 valence electrons. The van der Waals surface area contributed by atoms with Gasteiger partial charge >= 0.3 is 5.69 Å². The predicted molar refractivity (Wildman–Crippen MR) is 105 cm³/mol. The lowest BCUT2D eigenvalue weighted by molar-refractivity contribution is -0.127. The molecule has 0 N–H and O–H groups in total. The second kappa shape index (κ2) is 8.26. The molecule has 0 atom stereocenters. The van der Waals surface area contributed by atoms with E-state index in [0.717, 1.165) is 4.57 Å². The van der Waals surface area contributed by atoms with Crippen LogP contribution < -0.4 is 11.2 Å². The molecule has 1 aromatic heterocycles. The van der Waals surface area contributed by atoms with E-state index in [1.165, 1.54) is 61.3 Å². The summed E-state index contributed by atoms with van der Waals surface area (Å²) in [6.07, 6.45) is 4.06. The van der Waals surface area contributed by atoms with Gasteiger partial charge in [0.15, 0.2) is 0 Å². The van der Waals surface area contributed by atoms with E-state index >= 15 is 0 Å². The van der Waals surface area contributed by atoms with Crippen LogP contribution in [0.2, 0.25) is 0 Å². The highest BCUT2D eigenvalue weighted by molar-refractivity contribution is 5.95. The summed E-state index contributed by atoms with van der Waals surface area (Å²) in [5, 5.41) is 0. The first-order chi connectivity index (χ1) is 13.8. The van der Waals surface area contributed by atoms with Crippen molar-refractivity contribution in [3.05, 3.63) is 74.3 Å². The third kappa shape index (κ3) is 4.34. The van der Waals surface area contributed by atoms with Crippen LogP contribution in [0.25, 0.3) is 6.08 Å². The SMILES string of the molecule is Cn1cc(/C=C/C(=O)N2CCN(C(=O)c3ccc(F)cc3)CC2)c(=O)n(C)c1=O. The average Bonchev–Trinajstić information content (AvgIpc) is 2.73. The Bertz CT molecular complexity index is 1080. The number of hydrogen-bond acceptors (Lipinski definition) is 4. The minimum atomic E-state index is -0.480. The number of carbonyl (C=O) groups excluding carboxylic acids is 2. The van der Waals surface area contributed by atoms with E-state index in [1.807, 2.05) is 0 Å². The second-order valence-electron chi connectivity index (χ2n) is 6.80. The Balaban J connectivity index is 1.62. The number of hydrogen-bond donors (Lipinski definition) is 0. The molecule has 0 unspecified atom stereocenters. The van der Waals surface area contributed by atoms with Crippen LogP contribution in [0.4, 0.5) is 4.39 Å². The highest BCUT2D eigenvalue weighted by atomic mass is 19.1. The number of aromatic nitrogens is 2. The predicted octanol–water partition coefficient (Wildman–Crippen LogP) is 0.221. The topological polar surface area (TPSA) is 84.6 Å². The Hall–Kier alpha value is -3.49. The number of halogens is 1. The summed E-state index contributed by atoms with van der Waals surface area (Å²) in [5.41, 5.74) is -0.294. The molecule has 9 heteroatoms. The van der Waals surface area contributed by atoms with Crippen molar-refractivity contribution in [1.82, 2.24) is 18.9 Å². The largest absolute Gasteiger partial charge is 0.336 e. The second-order valence-corrected chi connectivity index (χ2v) is 6.80. The molecule has 3 rings (SSSR count). The molecule has 2 amide bonds. The normalized spacial score (nSPS) is 14.4. The fourth-order valence-electron chi connectivity index (χ4n) is 3.12. The summed E-state index contributed by atoms with van der Waals surface area (Å²) in [6, 6.07) is 5.35. The van der Waals surface area contributed by atoms with Crippen molar-refractivity contribution in [2.45, 2.75) is 0 Å². The van der Waals surface area contributed by atoms with Crippen LogP contribution in [0.5, 0.6) is 0 Å². The van der Waals surface area contributed by atoms with Gasteiger partial charge < -0.3 is 14.4 Å². The van der Waals surface area contributed by atoms with Gasteiger partial charge in [0.1, 0.15) is 5.82 Å². The standard InChI is InChI=1S/C20H21FN4O4/c1-22-13-15(18(27)23(2)20(22)29)5-8-17(26)24-9-11-25(12-10-24)19(28)14-3-6-16(21)7-4-14/h3-8,13H,9-12H2,1-2H3/b8-5+. The van der Waals surface area contributed by atoms with Gasteiger partial charge in [-0.15, -0.1) is 0 Å². The van der Waals surface area contributed by atoms with Gasteiger partial charge in [-0.1, -0.05) is 0 Å². The van der Waals surface area contributed by atoms with Gasteiger partial charge in [-0.25, -0.2) is 9.18 Å². The van der Waals surface area contributed by atoms with Gasteiger partial charge in [0.05, 0.1) is 5.56 Å². The van der Waals surface area contributed by atoms with Crippen molar-refractivity contribution in [1.29, 1.82) is 0 Å². The Labute approximate surface area is 166 Å².